The van der Waals surface area contributed by atoms with Crippen molar-refractivity contribution in [3.8, 4) is 0 Å². The fourth-order valence-corrected chi connectivity index (χ4v) is 4.68. The molecule has 0 aliphatic carbocycles. The molecule has 2 aliphatic rings. The first kappa shape index (κ1) is 18.0. The van der Waals surface area contributed by atoms with E-state index in [4.69, 9.17) is 0 Å². The van der Waals surface area contributed by atoms with E-state index >= 15 is 0 Å². The van der Waals surface area contributed by atoms with E-state index in [9.17, 15) is 8.42 Å². The topological polar surface area (TPSA) is 61.8 Å². The highest BCUT2D eigenvalue weighted by atomic mass is 127. The summed E-state index contributed by atoms with van der Waals surface area (Å²) in [5, 5.41) is 3.35. The van der Waals surface area contributed by atoms with Crippen LogP contribution in [-0.2, 0) is 9.84 Å². The van der Waals surface area contributed by atoms with Gasteiger partial charge in [0.25, 0.3) is 0 Å². The molecular weight excluding hydrogens is 389 g/mol. The molecule has 0 saturated carbocycles. The van der Waals surface area contributed by atoms with E-state index in [1.807, 2.05) is 0 Å². The minimum atomic E-state index is -2.78. The maximum Gasteiger partial charge on any atom is 0.193 e. The molecule has 2 saturated heterocycles. The van der Waals surface area contributed by atoms with Crippen molar-refractivity contribution in [3.63, 3.8) is 0 Å². The van der Waals surface area contributed by atoms with Crippen LogP contribution in [0.5, 0.6) is 0 Å². The van der Waals surface area contributed by atoms with Crippen molar-refractivity contribution in [2.24, 2.45) is 16.8 Å². The molecule has 0 aromatic carbocycles. The second-order valence-corrected chi connectivity index (χ2v) is 8.10. The van der Waals surface area contributed by atoms with E-state index in [1.165, 1.54) is 12.8 Å². The number of hydrogen-bond donors (Lipinski definition) is 1. The van der Waals surface area contributed by atoms with Crippen LogP contribution in [-0.4, -0.2) is 57.5 Å². The van der Waals surface area contributed by atoms with Crippen molar-refractivity contribution in [2.45, 2.75) is 26.2 Å². The Bertz CT molecular complexity index is 431. The van der Waals surface area contributed by atoms with E-state index in [-0.39, 0.29) is 29.9 Å². The molecule has 0 amide bonds. The number of piperidine rings is 1. The number of nitrogens with one attached hydrogen (secondary N) is 1. The first-order chi connectivity index (χ1) is 9.00. The molecule has 2 heterocycles. The van der Waals surface area contributed by atoms with E-state index < -0.39 is 9.84 Å². The number of aliphatic imine (C=N–C) groups is 1. The molecule has 5 nitrogen and oxygen atoms in total. The Morgan fingerprint density at radius 3 is 2.45 bits per heavy atom. The smallest absolute Gasteiger partial charge is 0.193 e. The lowest BCUT2D eigenvalue weighted by Gasteiger charge is -2.33. The van der Waals surface area contributed by atoms with Gasteiger partial charge in [0.15, 0.2) is 15.8 Å². The average Bonchev–Trinajstić information content (AvgIpc) is 2.72. The zero-order valence-electron chi connectivity index (χ0n) is 12.3. The molecule has 0 aromatic rings. The summed E-state index contributed by atoms with van der Waals surface area (Å²) in [6.07, 6.45) is 3.19. The van der Waals surface area contributed by atoms with Crippen LogP contribution in [0, 0.1) is 11.8 Å². The molecule has 2 fully saturated rings. The number of guanidine groups is 1. The van der Waals surface area contributed by atoms with Gasteiger partial charge in [-0.2, -0.15) is 0 Å². The van der Waals surface area contributed by atoms with Crippen molar-refractivity contribution in [2.75, 3.05) is 38.2 Å². The normalized spacial score (nSPS) is 27.2. The van der Waals surface area contributed by atoms with Gasteiger partial charge in [-0.15, -0.1) is 24.0 Å². The summed E-state index contributed by atoms with van der Waals surface area (Å²) in [5.41, 5.74) is 0. The zero-order chi connectivity index (χ0) is 13.9. The SMILES string of the molecule is CN=C(NCC1CCS(=O)(=O)C1)N1CCC(C)CC1.I. The summed E-state index contributed by atoms with van der Waals surface area (Å²) < 4.78 is 22.8. The fraction of sp³-hybridized carbons (Fsp3) is 0.923. The van der Waals surface area contributed by atoms with E-state index in [2.05, 4.69) is 22.1 Å². The van der Waals surface area contributed by atoms with Gasteiger partial charge in [0.1, 0.15) is 0 Å². The van der Waals surface area contributed by atoms with Gasteiger partial charge in [-0.05, 0) is 31.1 Å². The summed E-state index contributed by atoms with van der Waals surface area (Å²) >= 11 is 0. The predicted molar refractivity (Wildman–Crippen MR) is 93.5 cm³/mol. The second-order valence-electron chi connectivity index (χ2n) is 5.87. The van der Waals surface area contributed by atoms with Crippen LogP contribution < -0.4 is 5.32 Å². The quantitative estimate of drug-likeness (QED) is 0.420. The molecule has 2 rings (SSSR count). The van der Waals surface area contributed by atoms with Crippen LogP contribution in [0.3, 0.4) is 0 Å². The van der Waals surface area contributed by atoms with Gasteiger partial charge in [0, 0.05) is 26.7 Å². The molecule has 0 radical (unpaired) electrons. The Balaban J connectivity index is 0.00000200. The summed E-state index contributed by atoms with van der Waals surface area (Å²) in [6, 6.07) is 0. The first-order valence-corrected chi connectivity index (χ1v) is 8.98. The largest absolute Gasteiger partial charge is 0.356 e. The molecule has 7 heteroatoms. The highest BCUT2D eigenvalue weighted by Gasteiger charge is 2.28. The Morgan fingerprint density at radius 2 is 1.95 bits per heavy atom. The van der Waals surface area contributed by atoms with Gasteiger partial charge in [-0.25, -0.2) is 8.42 Å². The molecular formula is C13H26IN3O2S. The monoisotopic (exact) mass is 415 g/mol. The van der Waals surface area contributed by atoms with Crippen LogP contribution in [0.15, 0.2) is 4.99 Å². The standard InChI is InChI=1S/C13H25N3O2S.HI/c1-11-3-6-16(7-4-11)13(14-2)15-9-12-5-8-19(17,18)10-12;/h11-12H,3-10H2,1-2H3,(H,14,15);1H. The van der Waals surface area contributed by atoms with E-state index in [0.29, 0.717) is 11.5 Å². The molecule has 0 bridgehead atoms. The van der Waals surface area contributed by atoms with E-state index in [0.717, 1.165) is 37.9 Å². The van der Waals surface area contributed by atoms with Crippen molar-refractivity contribution < 1.29 is 8.42 Å². The Hall–Kier alpha value is -0.0500. The van der Waals surface area contributed by atoms with Crippen molar-refractivity contribution in [1.82, 2.24) is 10.2 Å². The van der Waals surface area contributed by atoms with Gasteiger partial charge in [0.2, 0.25) is 0 Å². The summed E-state index contributed by atoms with van der Waals surface area (Å²) in [4.78, 5) is 6.60. The predicted octanol–water partition coefficient (Wildman–Crippen LogP) is 1.35. The molecule has 1 N–H and O–H groups in total. The highest BCUT2D eigenvalue weighted by molar-refractivity contribution is 14.0. The molecule has 0 aromatic heterocycles. The maximum atomic E-state index is 11.4. The van der Waals surface area contributed by atoms with Gasteiger partial charge in [-0.1, -0.05) is 6.92 Å². The molecule has 1 unspecified atom stereocenters. The fourth-order valence-electron chi connectivity index (χ4n) is 2.82. The van der Waals surface area contributed by atoms with Crippen molar-refractivity contribution in [1.29, 1.82) is 0 Å². The van der Waals surface area contributed by atoms with Crippen molar-refractivity contribution in [3.05, 3.63) is 0 Å². The Labute approximate surface area is 139 Å². The highest BCUT2D eigenvalue weighted by Crippen LogP contribution is 2.18. The van der Waals surface area contributed by atoms with Gasteiger partial charge >= 0.3 is 0 Å². The zero-order valence-corrected chi connectivity index (χ0v) is 15.5. The number of sulfone groups is 1. The molecule has 2 aliphatic heterocycles. The van der Waals surface area contributed by atoms with E-state index in [1.54, 1.807) is 7.05 Å². The third-order valence-corrected chi connectivity index (χ3v) is 6.01. The minimum Gasteiger partial charge on any atom is -0.356 e. The summed E-state index contributed by atoms with van der Waals surface area (Å²) in [5.74, 6) is 2.64. The second kappa shape index (κ2) is 7.82. The van der Waals surface area contributed by atoms with Crippen LogP contribution in [0.25, 0.3) is 0 Å². The molecule has 0 spiro atoms. The third kappa shape index (κ3) is 5.05. The molecule has 20 heavy (non-hydrogen) atoms. The van der Waals surface area contributed by atoms with Gasteiger partial charge < -0.3 is 10.2 Å². The maximum absolute atomic E-state index is 11.4. The van der Waals surface area contributed by atoms with Gasteiger partial charge in [-0.3, -0.25) is 4.99 Å². The van der Waals surface area contributed by atoms with Crippen LogP contribution >= 0.6 is 24.0 Å². The average molecular weight is 415 g/mol. The number of hydrogen-bond acceptors (Lipinski definition) is 3. The summed E-state index contributed by atoms with van der Waals surface area (Å²) in [6.45, 7) is 5.10. The van der Waals surface area contributed by atoms with Crippen LogP contribution in [0.2, 0.25) is 0 Å². The van der Waals surface area contributed by atoms with Crippen LogP contribution in [0.4, 0.5) is 0 Å². The Morgan fingerprint density at radius 1 is 1.30 bits per heavy atom. The molecule has 1 atom stereocenters. The third-order valence-electron chi connectivity index (χ3n) is 4.17. The molecule has 118 valence electrons. The number of rotatable bonds is 2. The van der Waals surface area contributed by atoms with Gasteiger partial charge in [0.05, 0.1) is 11.5 Å². The lowest BCUT2D eigenvalue weighted by Crippen LogP contribution is -2.46. The first-order valence-electron chi connectivity index (χ1n) is 7.16. The number of likely N-dealkylation sites (tertiary alicyclic amines) is 1. The van der Waals surface area contributed by atoms with Crippen molar-refractivity contribution >= 4 is 39.8 Å². The number of halogens is 1. The lowest BCUT2D eigenvalue weighted by atomic mass is 9.99. The minimum absolute atomic E-state index is 0. The number of nitrogens with zero attached hydrogens (tertiary/aromatic N) is 2. The Kier molecular flexibility index (Phi) is 7.03. The van der Waals surface area contributed by atoms with Crippen LogP contribution in [0.1, 0.15) is 26.2 Å². The summed E-state index contributed by atoms with van der Waals surface area (Å²) in [7, 11) is -0.978. The lowest BCUT2D eigenvalue weighted by molar-refractivity contribution is 0.272.